The number of nitrogens with zero attached hydrogens (tertiary/aromatic N) is 6. The van der Waals surface area contributed by atoms with Gasteiger partial charge in [0.05, 0.1) is 6.20 Å². The quantitative estimate of drug-likeness (QED) is 0.477. The Kier molecular flexibility index (Phi) is 6.33. The SMILES string of the molecule is O=C(c1c(-c2cn[nH]n2)nc(-c2ccc(OC(F)(F)F)cc2)n1C1CC1)N1CCC(N2CCC(F)C2)CC1. The largest absolute Gasteiger partial charge is 0.573 e. The Hall–Kier alpha value is -3.48. The van der Waals surface area contributed by atoms with Crippen LogP contribution in [0.1, 0.15) is 48.6 Å². The Morgan fingerprint density at radius 1 is 1.00 bits per heavy atom. The summed E-state index contributed by atoms with van der Waals surface area (Å²) in [5.41, 5.74) is 1.74. The van der Waals surface area contributed by atoms with Crippen LogP contribution in [0, 0.1) is 0 Å². The minimum absolute atomic E-state index is 0.0480. The fraction of sp³-hybridized carbons (Fsp3) is 0.520. The molecule has 1 amide bonds. The number of halogens is 4. The van der Waals surface area contributed by atoms with Gasteiger partial charge in [-0.3, -0.25) is 9.69 Å². The van der Waals surface area contributed by atoms with E-state index in [1.165, 1.54) is 30.5 Å². The average molecular weight is 534 g/mol. The summed E-state index contributed by atoms with van der Waals surface area (Å²) in [6.07, 6.45) is -0.257. The van der Waals surface area contributed by atoms with Crippen molar-refractivity contribution in [3.63, 3.8) is 0 Å². The molecule has 6 rings (SSSR count). The van der Waals surface area contributed by atoms with E-state index >= 15 is 0 Å². The monoisotopic (exact) mass is 533 g/mol. The highest BCUT2D eigenvalue weighted by molar-refractivity contribution is 5.99. The number of rotatable bonds is 6. The van der Waals surface area contributed by atoms with Crippen LogP contribution in [-0.4, -0.2) is 85.4 Å². The molecule has 0 radical (unpaired) electrons. The molecule has 0 bridgehead atoms. The van der Waals surface area contributed by atoms with Crippen LogP contribution >= 0.6 is 0 Å². The molecule has 3 fully saturated rings. The molecule has 3 aliphatic rings. The summed E-state index contributed by atoms with van der Waals surface area (Å²) in [7, 11) is 0. The standard InChI is InChI=1S/C25H27F4N7O2/c26-16-7-10-35(14-16)17-8-11-34(12-9-17)24(37)22-21(20-13-30-33-32-20)31-23(36(22)18-3-4-18)15-1-5-19(6-2-15)38-25(27,28)29/h1-2,5-6,13,16-18H,3-4,7-12,14H2,(H,30,32,33). The molecule has 38 heavy (non-hydrogen) atoms. The molecule has 1 aliphatic carbocycles. The number of likely N-dealkylation sites (tertiary alicyclic amines) is 2. The van der Waals surface area contributed by atoms with Gasteiger partial charge in [-0.15, -0.1) is 13.2 Å². The van der Waals surface area contributed by atoms with Crippen molar-refractivity contribution < 1.29 is 27.1 Å². The lowest BCUT2D eigenvalue weighted by atomic mass is 10.0. The average Bonchev–Trinajstić information content (AvgIpc) is 3.26. The highest BCUT2D eigenvalue weighted by atomic mass is 19.4. The topological polar surface area (TPSA) is 92.2 Å². The third kappa shape index (κ3) is 4.98. The molecule has 1 saturated carbocycles. The van der Waals surface area contributed by atoms with E-state index in [1.54, 1.807) is 0 Å². The molecule has 4 heterocycles. The number of carbonyl (C=O) groups excluding carboxylic acids is 1. The maximum atomic E-state index is 14.0. The molecular weight excluding hydrogens is 506 g/mol. The highest BCUT2D eigenvalue weighted by Gasteiger charge is 2.38. The van der Waals surface area contributed by atoms with Crippen molar-refractivity contribution in [2.45, 2.75) is 56.7 Å². The van der Waals surface area contributed by atoms with Crippen molar-refractivity contribution in [1.82, 2.24) is 34.8 Å². The van der Waals surface area contributed by atoms with E-state index in [9.17, 15) is 22.4 Å². The van der Waals surface area contributed by atoms with Crippen molar-refractivity contribution in [2.75, 3.05) is 26.2 Å². The zero-order valence-electron chi connectivity index (χ0n) is 20.5. The van der Waals surface area contributed by atoms with E-state index in [4.69, 9.17) is 4.98 Å². The summed E-state index contributed by atoms with van der Waals surface area (Å²) in [5.74, 6) is -0.0268. The van der Waals surface area contributed by atoms with Crippen LogP contribution in [0.4, 0.5) is 17.6 Å². The second kappa shape index (κ2) is 9.68. The van der Waals surface area contributed by atoms with Gasteiger partial charge in [-0.2, -0.15) is 15.4 Å². The van der Waals surface area contributed by atoms with Crippen molar-refractivity contribution in [3.8, 4) is 28.5 Å². The van der Waals surface area contributed by atoms with E-state index < -0.39 is 12.5 Å². The fourth-order valence-corrected chi connectivity index (χ4v) is 5.49. The number of ether oxygens (including phenoxy) is 1. The normalized spacial score (nSPS) is 21.3. The van der Waals surface area contributed by atoms with Crippen molar-refractivity contribution in [1.29, 1.82) is 0 Å². The molecule has 2 aromatic heterocycles. The molecule has 1 unspecified atom stereocenters. The zero-order chi connectivity index (χ0) is 26.4. The minimum atomic E-state index is -4.79. The van der Waals surface area contributed by atoms with Gasteiger partial charge in [-0.05, 0) is 56.4 Å². The number of carbonyl (C=O) groups is 1. The van der Waals surface area contributed by atoms with Crippen LogP contribution in [0.3, 0.4) is 0 Å². The molecular formula is C25H27F4N7O2. The van der Waals surface area contributed by atoms with Gasteiger partial charge >= 0.3 is 6.36 Å². The molecule has 9 nitrogen and oxygen atoms in total. The maximum Gasteiger partial charge on any atom is 0.573 e. The number of alkyl halides is 4. The second-order valence-corrected chi connectivity index (χ2v) is 10.1. The lowest BCUT2D eigenvalue weighted by Crippen LogP contribution is -2.46. The minimum Gasteiger partial charge on any atom is -0.406 e. The lowest BCUT2D eigenvalue weighted by Gasteiger charge is -2.36. The number of benzene rings is 1. The van der Waals surface area contributed by atoms with Crippen molar-refractivity contribution in [2.24, 2.45) is 0 Å². The van der Waals surface area contributed by atoms with Gasteiger partial charge < -0.3 is 14.2 Å². The van der Waals surface area contributed by atoms with E-state index in [2.05, 4.69) is 25.0 Å². The Balaban J connectivity index is 1.31. The fourth-order valence-electron chi connectivity index (χ4n) is 5.49. The number of H-pyrrole nitrogens is 1. The summed E-state index contributed by atoms with van der Waals surface area (Å²) in [5, 5.41) is 10.6. The number of aromatic nitrogens is 5. The van der Waals surface area contributed by atoms with Crippen molar-refractivity contribution >= 4 is 5.91 Å². The molecule has 2 saturated heterocycles. The summed E-state index contributed by atoms with van der Waals surface area (Å²) in [6, 6.07) is 5.78. The van der Waals surface area contributed by atoms with Gasteiger partial charge in [0.1, 0.15) is 34.8 Å². The molecule has 3 aromatic rings. The molecule has 13 heteroatoms. The summed E-state index contributed by atoms with van der Waals surface area (Å²) >= 11 is 0. The Labute approximate surface area is 215 Å². The molecule has 1 atom stereocenters. The third-order valence-corrected chi connectivity index (χ3v) is 7.46. The molecule has 2 aliphatic heterocycles. The number of aromatic amines is 1. The van der Waals surface area contributed by atoms with Crippen LogP contribution < -0.4 is 4.74 Å². The maximum absolute atomic E-state index is 14.0. The number of hydrogen-bond donors (Lipinski definition) is 1. The van der Waals surface area contributed by atoms with Gasteiger partial charge in [-0.1, -0.05) is 0 Å². The van der Waals surface area contributed by atoms with Gasteiger partial charge in [0.15, 0.2) is 0 Å². The smallest absolute Gasteiger partial charge is 0.406 e. The van der Waals surface area contributed by atoms with E-state index in [1.807, 2.05) is 9.47 Å². The van der Waals surface area contributed by atoms with Gasteiger partial charge in [0.2, 0.25) is 0 Å². The van der Waals surface area contributed by atoms with E-state index in [0.29, 0.717) is 54.5 Å². The third-order valence-electron chi connectivity index (χ3n) is 7.46. The van der Waals surface area contributed by atoms with E-state index in [0.717, 1.165) is 32.2 Å². The number of hydrogen-bond acceptors (Lipinski definition) is 6. The number of piperidine rings is 1. The summed E-state index contributed by atoms with van der Waals surface area (Å²) < 4.78 is 57.5. The van der Waals surface area contributed by atoms with Gasteiger partial charge in [-0.25, -0.2) is 9.37 Å². The van der Waals surface area contributed by atoms with Crippen LogP contribution in [0.15, 0.2) is 30.5 Å². The summed E-state index contributed by atoms with van der Waals surface area (Å²) in [4.78, 5) is 22.8. The molecule has 1 N–H and O–H groups in total. The molecule has 1 aromatic carbocycles. The highest BCUT2D eigenvalue weighted by Crippen LogP contribution is 2.43. The predicted molar refractivity (Wildman–Crippen MR) is 128 cm³/mol. The molecule has 202 valence electrons. The Morgan fingerprint density at radius 2 is 1.74 bits per heavy atom. The van der Waals surface area contributed by atoms with Crippen LogP contribution in [-0.2, 0) is 0 Å². The van der Waals surface area contributed by atoms with Gasteiger partial charge in [0, 0.05) is 43.8 Å². The van der Waals surface area contributed by atoms with Crippen LogP contribution in [0.25, 0.3) is 22.8 Å². The second-order valence-electron chi connectivity index (χ2n) is 10.1. The van der Waals surface area contributed by atoms with E-state index in [-0.39, 0.29) is 23.7 Å². The predicted octanol–water partition coefficient (Wildman–Crippen LogP) is 4.22. The number of nitrogens with one attached hydrogen (secondary N) is 1. The first-order valence-electron chi connectivity index (χ1n) is 12.8. The lowest BCUT2D eigenvalue weighted by molar-refractivity contribution is -0.274. The van der Waals surface area contributed by atoms with Gasteiger partial charge in [0.25, 0.3) is 5.91 Å². The molecule has 0 spiro atoms. The number of amides is 1. The Morgan fingerprint density at radius 3 is 2.32 bits per heavy atom. The Bertz CT molecular complexity index is 1280. The van der Waals surface area contributed by atoms with Crippen LogP contribution in [0.2, 0.25) is 0 Å². The van der Waals surface area contributed by atoms with Crippen LogP contribution in [0.5, 0.6) is 5.75 Å². The summed E-state index contributed by atoms with van der Waals surface area (Å²) in [6.45, 7) is 2.30. The first kappa shape index (κ1) is 24.8. The first-order valence-corrected chi connectivity index (χ1v) is 12.8. The van der Waals surface area contributed by atoms with Crippen molar-refractivity contribution in [3.05, 3.63) is 36.2 Å². The number of imidazole rings is 1. The zero-order valence-corrected chi connectivity index (χ0v) is 20.5. The first-order chi connectivity index (χ1) is 18.3.